The Morgan fingerprint density at radius 3 is 2.52 bits per heavy atom. The first-order valence-electron chi connectivity index (χ1n) is 9.09. The van der Waals surface area contributed by atoms with Gasteiger partial charge in [0.1, 0.15) is 5.82 Å². The second-order valence-electron chi connectivity index (χ2n) is 7.17. The number of likely N-dealkylation sites (tertiary alicyclic amines) is 1. The monoisotopic (exact) mass is 385 g/mol. The third-order valence-corrected chi connectivity index (χ3v) is 6.32. The van der Waals surface area contributed by atoms with Gasteiger partial charge in [0.05, 0.1) is 10.9 Å². The van der Waals surface area contributed by atoms with Crippen molar-refractivity contribution in [2.24, 2.45) is 11.7 Å². The third kappa shape index (κ3) is 3.30. The molecular formula is C19H23N5O2S. The van der Waals surface area contributed by atoms with Gasteiger partial charge in [0.25, 0.3) is 0 Å². The maximum absolute atomic E-state index is 11.5. The number of carbonyl (C=O) groups is 1. The van der Waals surface area contributed by atoms with Gasteiger partial charge in [-0.3, -0.25) is 9.69 Å². The molecule has 8 heteroatoms. The van der Waals surface area contributed by atoms with Gasteiger partial charge in [0, 0.05) is 5.92 Å². The number of hydrogen-bond donors (Lipinski definition) is 2. The van der Waals surface area contributed by atoms with Crippen molar-refractivity contribution in [1.82, 2.24) is 19.5 Å². The predicted octanol–water partition coefficient (Wildman–Crippen LogP) is 2.40. The van der Waals surface area contributed by atoms with E-state index in [0.717, 1.165) is 36.4 Å². The maximum Gasteiger partial charge on any atom is 0.230 e. The fourth-order valence-corrected chi connectivity index (χ4v) is 4.91. The molecule has 0 saturated carbocycles. The Kier molecular flexibility index (Phi) is 4.61. The molecule has 1 aliphatic heterocycles. The first-order chi connectivity index (χ1) is 12.9. The highest BCUT2D eigenvalue weighted by Gasteiger charge is 2.33. The van der Waals surface area contributed by atoms with Crippen molar-refractivity contribution in [3.8, 4) is 5.88 Å². The van der Waals surface area contributed by atoms with Crippen LogP contribution in [0.3, 0.4) is 0 Å². The molecule has 0 bridgehead atoms. The lowest BCUT2D eigenvalue weighted by atomic mass is 9.93. The molecule has 1 aliphatic rings. The zero-order valence-electron chi connectivity index (χ0n) is 15.4. The van der Waals surface area contributed by atoms with E-state index < -0.39 is 0 Å². The number of benzene rings is 1. The van der Waals surface area contributed by atoms with E-state index in [9.17, 15) is 9.90 Å². The molecular weight excluding hydrogens is 362 g/mol. The van der Waals surface area contributed by atoms with Gasteiger partial charge in [-0.05, 0) is 45.3 Å². The van der Waals surface area contributed by atoms with E-state index in [-0.39, 0.29) is 23.7 Å². The number of nitrogens with zero attached hydrogens (tertiary/aromatic N) is 4. The normalized spacial score (nSPS) is 17.4. The van der Waals surface area contributed by atoms with Crippen LogP contribution in [0.4, 0.5) is 0 Å². The average Bonchev–Trinajstić information content (AvgIpc) is 3.15. The molecule has 0 aliphatic carbocycles. The van der Waals surface area contributed by atoms with E-state index in [2.05, 4.69) is 46.2 Å². The molecule has 142 valence electrons. The van der Waals surface area contributed by atoms with Crippen LogP contribution in [0.1, 0.15) is 40.7 Å². The molecule has 0 unspecified atom stereocenters. The number of thiazole rings is 1. The Morgan fingerprint density at radius 2 is 1.93 bits per heavy atom. The topological polar surface area (TPSA) is 96.8 Å². The van der Waals surface area contributed by atoms with Crippen LogP contribution >= 0.6 is 11.3 Å². The Bertz CT molecular complexity index is 970. The highest BCUT2D eigenvalue weighted by Crippen LogP contribution is 2.41. The number of piperidine rings is 1. The van der Waals surface area contributed by atoms with Crippen molar-refractivity contribution in [3.63, 3.8) is 0 Å². The number of primary amides is 1. The second-order valence-corrected chi connectivity index (χ2v) is 8.18. The van der Waals surface area contributed by atoms with E-state index in [0.29, 0.717) is 10.8 Å². The first kappa shape index (κ1) is 17.9. The standard InChI is InChI=1S/C19H23N5O2S/c1-11-3-5-13(6-4-11)15(23-9-7-14(8-10-23)17(20)25)16-18(26)24-19(27-16)21-12(2)22-24/h3-6,14-15,26H,7-10H2,1-2H3,(H2,20,25)/t15-/m1/s1. The van der Waals surface area contributed by atoms with Gasteiger partial charge in [-0.25, -0.2) is 4.98 Å². The Balaban J connectivity index is 1.74. The SMILES string of the molecule is Cc1ccc([C@H](c2sc3nc(C)nn3c2O)N2CCC(C(N)=O)CC2)cc1. The lowest BCUT2D eigenvalue weighted by Crippen LogP contribution is -2.40. The van der Waals surface area contributed by atoms with E-state index >= 15 is 0 Å². The lowest BCUT2D eigenvalue weighted by molar-refractivity contribution is -0.123. The molecule has 7 nitrogen and oxygen atoms in total. The van der Waals surface area contributed by atoms with Gasteiger partial charge in [-0.15, -0.1) is 5.10 Å². The van der Waals surface area contributed by atoms with Crippen LogP contribution in [0.5, 0.6) is 5.88 Å². The Morgan fingerprint density at radius 1 is 1.26 bits per heavy atom. The number of amides is 1. The van der Waals surface area contributed by atoms with Gasteiger partial charge < -0.3 is 10.8 Å². The number of fused-ring (bicyclic) bond motifs is 1. The molecule has 3 aromatic rings. The van der Waals surface area contributed by atoms with E-state index in [1.807, 2.05) is 6.92 Å². The summed E-state index contributed by atoms with van der Waals surface area (Å²) in [5.74, 6) is 0.479. The van der Waals surface area contributed by atoms with Crippen LogP contribution in [0, 0.1) is 19.8 Å². The average molecular weight is 385 g/mol. The van der Waals surface area contributed by atoms with Gasteiger partial charge >= 0.3 is 0 Å². The van der Waals surface area contributed by atoms with E-state index in [1.165, 1.54) is 21.4 Å². The number of carbonyl (C=O) groups excluding carboxylic acids is 1. The molecule has 1 saturated heterocycles. The quantitative estimate of drug-likeness (QED) is 0.719. The van der Waals surface area contributed by atoms with Crippen LogP contribution < -0.4 is 5.73 Å². The molecule has 4 rings (SSSR count). The third-order valence-electron chi connectivity index (χ3n) is 5.24. The molecule has 1 amide bonds. The van der Waals surface area contributed by atoms with Crippen LogP contribution in [-0.2, 0) is 4.79 Å². The summed E-state index contributed by atoms with van der Waals surface area (Å²) >= 11 is 1.46. The summed E-state index contributed by atoms with van der Waals surface area (Å²) in [5.41, 5.74) is 7.78. The van der Waals surface area contributed by atoms with Gasteiger partial charge in [-0.1, -0.05) is 41.2 Å². The molecule has 0 radical (unpaired) electrons. The molecule has 1 fully saturated rings. The molecule has 1 atom stereocenters. The molecule has 0 spiro atoms. The fourth-order valence-electron chi connectivity index (χ4n) is 3.75. The number of aryl methyl sites for hydroxylation is 2. The Hall–Kier alpha value is -2.45. The van der Waals surface area contributed by atoms with Crippen LogP contribution in [0.15, 0.2) is 24.3 Å². The lowest BCUT2D eigenvalue weighted by Gasteiger charge is -2.36. The highest BCUT2D eigenvalue weighted by atomic mass is 32.1. The summed E-state index contributed by atoms with van der Waals surface area (Å²) in [6, 6.07) is 8.25. The molecule has 3 N–H and O–H groups in total. The van der Waals surface area contributed by atoms with Crippen LogP contribution in [0.25, 0.3) is 4.96 Å². The van der Waals surface area contributed by atoms with Crippen molar-refractivity contribution in [2.45, 2.75) is 32.7 Å². The number of aromatic hydroxyl groups is 1. The number of hydrogen-bond acceptors (Lipinski definition) is 6. The summed E-state index contributed by atoms with van der Waals surface area (Å²) in [4.78, 5) is 19.7. The van der Waals surface area contributed by atoms with Crippen molar-refractivity contribution in [3.05, 3.63) is 46.1 Å². The molecule has 1 aromatic carbocycles. The first-order valence-corrected chi connectivity index (χ1v) is 9.90. The summed E-state index contributed by atoms with van der Waals surface area (Å²) in [6.07, 6.45) is 1.47. The number of nitrogens with two attached hydrogens (primary N) is 1. The van der Waals surface area contributed by atoms with Crippen molar-refractivity contribution in [2.75, 3.05) is 13.1 Å². The summed E-state index contributed by atoms with van der Waals surface area (Å²) in [7, 11) is 0. The largest absolute Gasteiger partial charge is 0.492 e. The summed E-state index contributed by atoms with van der Waals surface area (Å²) in [6.45, 7) is 5.36. The Labute approximate surface area is 161 Å². The van der Waals surface area contributed by atoms with Crippen molar-refractivity contribution >= 4 is 22.2 Å². The van der Waals surface area contributed by atoms with E-state index in [1.54, 1.807) is 0 Å². The minimum absolute atomic E-state index is 0.0709. The zero-order chi connectivity index (χ0) is 19.1. The van der Waals surface area contributed by atoms with Gasteiger partial charge in [-0.2, -0.15) is 4.52 Å². The van der Waals surface area contributed by atoms with Crippen molar-refractivity contribution < 1.29 is 9.90 Å². The predicted molar refractivity (Wildman–Crippen MR) is 104 cm³/mol. The second kappa shape index (κ2) is 6.94. The zero-order valence-corrected chi connectivity index (χ0v) is 16.2. The summed E-state index contributed by atoms with van der Waals surface area (Å²) < 4.78 is 1.51. The minimum atomic E-state index is -0.223. The summed E-state index contributed by atoms with van der Waals surface area (Å²) in [5, 5.41) is 15.1. The number of aromatic nitrogens is 3. The molecule has 3 heterocycles. The van der Waals surface area contributed by atoms with Crippen molar-refractivity contribution in [1.29, 1.82) is 0 Å². The molecule has 27 heavy (non-hydrogen) atoms. The minimum Gasteiger partial charge on any atom is -0.492 e. The van der Waals surface area contributed by atoms with Crippen LogP contribution in [-0.4, -0.2) is 43.6 Å². The van der Waals surface area contributed by atoms with E-state index in [4.69, 9.17) is 5.73 Å². The highest BCUT2D eigenvalue weighted by molar-refractivity contribution is 7.17. The molecule has 2 aromatic heterocycles. The fraction of sp³-hybridized carbons (Fsp3) is 0.421. The van der Waals surface area contributed by atoms with Gasteiger partial charge in [0.15, 0.2) is 0 Å². The smallest absolute Gasteiger partial charge is 0.230 e. The maximum atomic E-state index is 11.5. The van der Waals surface area contributed by atoms with Crippen LogP contribution in [0.2, 0.25) is 0 Å². The van der Waals surface area contributed by atoms with Gasteiger partial charge in [0.2, 0.25) is 16.7 Å². The number of rotatable bonds is 4.